The van der Waals surface area contributed by atoms with Crippen molar-refractivity contribution in [1.82, 2.24) is 5.43 Å². The quantitative estimate of drug-likeness (QED) is 0.503. The number of thiocarbonyl (C=S) groups is 1. The normalized spacial score (nSPS) is 11.0. The van der Waals surface area contributed by atoms with Gasteiger partial charge in [0.15, 0.2) is 5.11 Å². The summed E-state index contributed by atoms with van der Waals surface area (Å²) >= 11 is 11.2. The first-order valence-electron chi connectivity index (χ1n) is 6.60. The van der Waals surface area contributed by atoms with E-state index in [9.17, 15) is 0 Å². The largest absolute Gasteiger partial charge is 0.497 e. The van der Waals surface area contributed by atoms with Crippen LogP contribution in [0, 0.1) is 0 Å². The number of hydrogen-bond acceptors (Lipinski definition) is 3. The molecule has 22 heavy (non-hydrogen) atoms. The minimum Gasteiger partial charge on any atom is -0.497 e. The average molecular weight is 334 g/mol. The fourth-order valence-corrected chi connectivity index (χ4v) is 2.10. The number of nitrogens with zero attached hydrogens (tertiary/aromatic N) is 1. The molecular weight excluding hydrogens is 318 g/mol. The van der Waals surface area contributed by atoms with Crippen LogP contribution >= 0.6 is 23.8 Å². The molecule has 0 aromatic heterocycles. The van der Waals surface area contributed by atoms with E-state index < -0.39 is 0 Å². The summed E-state index contributed by atoms with van der Waals surface area (Å²) in [5, 5.41) is 8.37. The van der Waals surface area contributed by atoms with Crippen molar-refractivity contribution >= 4 is 40.3 Å². The Morgan fingerprint density at radius 1 is 1.18 bits per heavy atom. The summed E-state index contributed by atoms with van der Waals surface area (Å²) < 4.78 is 5.10. The molecule has 2 aromatic rings. The van der Waals surface area contributed by atoms with Crippen LogP contribution in [0.15, 0.2) is 53.6 Å². The van der Waals surface area contributed by atoms with E-state index in [1.54, 1.807) is 7.11 Å². The van der Waals surface area contributed by atoms with Crippen LogP contribution in [0.4, 0.5) is 5.69 Å². The third kappa shape index (κ3) is 4.72. The number of nitrogens with one attached hydrogen (secondary N) is 2. The highest BCUT2D eigenvalue weighted by Gasteiger charge is 2.00. The van der Waals surface area contributed by atoms with Crippen LogP contribution < -0.4 is 15.5 Å². The van der Waals surface area contributed by atoms with Gasteiger partial charge in [0.05, 0.1) is 12.8 Å². The van der Waals surface area contributed by atoms with E-state index in [4.69, 9.17) is 28.6 Å². The summed E-state index contributed by atoms with van der Waals surface area (Å²) in [6.45, 7) is 1.88. The SMILES string of the molecule is COc1ccc(NC(=S)N/N=C(\C)c2cccc(Cl)c2)cc1. The van der Waals surface area contributed by atoms with E-state index in [0.29, 0.717) is 10.1 Å². The molecule has 2 N–H and O–H groups in total. The lowest BCUT2D eigenvalue weighted by molar-refractivity contribution is 0.415. The van der Waals surface area contributed by atoms with Crippen LogP contribution in [-0.4, -0.2) is 17.9 Å². The molecule has 0 aliphatic rings. The van der Waals surface area contributed by atoms with Gasteiger partial charge in [-0.3, -0.25) is 5.43 Å². The number of rotatable bonds is 4. The fourth-order valence-electron chi connectivity index (χ4n) is 1.75. The second-order valence-electron chi connectivity index (χ2n) is 4.50. The van der Waals surface area contributed by atoms with Gasteiger partial charge >= 0.3 is 0 Å². The van der Waals surface area contributed by atoms with Crippen molar-refractivity contribution in [2.75, 3.05) is 12.4 Å². The Morgan fingerprint density at radius 3 is 2.55 bits per heavy atom. The van der Waals surface area contributed by atoms with Crippen molar-refractivity contribution in [2.24, 2.45) is 5.10 Å². The van der Waals surface area contributed by atoms with Gasteiger partial charge in [0.2, 0.25) is 0 Å². The van der Waals surface area contributed by atoms with Gasteiger partial charge in [0.25, 0.3) is 0 Å². The van der Waals surface area contributed by atoms with Gasteiger partial charge in [-0.1, -0.05) is 23.7 Å². The van der Waals surface area contributed by atoms with Gasteiger partial charge in [-0.05, 0) is 61.1 Å². The minimum absolute atomic E-state index is 0.409. The zero-order valence-electron chi connectivity index (χ0n) is 12.3. The minimum atomic E-state index is 0.409. The van der Waals surface area contributed by atoms with E-state index >= 15 is 0 Å². The lowest BCUT2D eigenvalue weighted by Gasteiger charge is -2.09. The highest BCUT2D eigenvalue weighted by atomic mass is 35.5. The van der Waals surface area contributed by atoms with Gasteiger partial charge < -0.3 is 10.1 Å². The van der Waals surface area contributed by atoms with Gasteiger partial charge in [0, 0.05) is 10.7 Å². The first-order valence-corrected chi connectivity index (χ1v) is 7.38. The molecule has 0 radical (unpaired) electrons. The maximum atomic E-state index is 5.96. The Kier molecular flexibility index (Phi) is 5.75. The molecular formula is C16H16ClN3OS. The zero-order chi connectivity index (χ0) is 15.9. The second-order valence-corrected chi connectivity index (χ2v) is 5.35. The Morgan fingerprint density at radius 2 is 1.91 bits per heavy atom. The maximum absolute atomic E-state index is 5.96. The monoisotopic (exact) mass is 333 g/mol. The lowest BCUT2D eigenvalue weighted by atomic mass is 10.1. The van der Waals surface area contributed by atoms with E-state index in [-0.39, 0.29) is 0 Å². The standard InChI is InChI=1S/C16H16ClN3OS/c1-11(12-4-3-5-13(17)10-12)19-20-16(22)18-14-6-8-15(21-2)9-7-14/h3-10H,1-2H3,(H2,18,20,22)/b19-11+. The molecule has 2 aromatic carbocycles. The number of benzene rings is 2. The molecule has 6 heteroatoms. The van der Waals surface area contributed by atoms with Gasteiger partial charge in [-0.2, -0.15) is 5.10 Å². The Balaban J connectivity index is 1.95. The molecule has 0 heterocycles. The average Bonchev–Trinajstić information content (AvgIpc) is 2.53. The topological polar surface area (TPSA) is 45.6 Å². The van der Waals surface area contributed by atoms with E-state index in [1.807, 2.05) is 55.5 Å². The molecule has 0 atom stereocenters. The third-order valence-corrected chi connectivity index (χ3v) is 3.34. The summed E-state index contributed by atoms with van der Waals surface area (Å²) in [6.07, 6.45) is 0. The van der Waals surface area contributed by atoms with E-state index in [0.717, 1.165) is 22.7 Å². The molecule has 114 valence electrons. The van der Waals surface area contributed by atoms with Crippen molar-refractivity contribution < 1.29 is 4.74 Å². The van der Waals surface area contributed by atoms with Crippen LogP contribution in [0.3, 0.4) is 0 Å². The van der Waals surface area contributed by atoms with Gasteiger partial charge in [0.1, 0.15) is 5.75 Å². The molecule has 0 aliphatic heterocycles. The van der Waals surface area contributed by atoms with Crippen molar-refractivity contribution in [3.05, 3.63) is 59.1 Å². The predicted octanol–water partition coefficient (Wildman–Crippen LogP) is 4.06. The zero-order valence-corrected chi connectivity index (χ0v) is 13.8. The second kappa shape index (κ2) is 7.77. The van der Waals surface area contributed by atoms with Crippen LogP contribution in [0.2, 0.25) is 5.02 Å². The summed E-state index contributed by atoms with van der Waals surface area (Å²) in [4.78, 5) is 0. The molecule has 0 spiro atoms. The summed E-state index contributed by atoms with van der Waals surface area (Å²) in [7, 11) is 1.63. The summed E-state index contributed by atoms with van der Waals surface area (Å²) in [5.74, 6) is 0.791. The van der Waals surface area contributed by atoms with Gasteiger partial charge in [-0.15, -0.1) is 0 Å². The predicted molar refractivity (Wildman–Crippen MR) is 96.0 cm³/mol. The van der Waals surface area contributed by atoms with Crippen LogP contribution in [0.25, 0.3) is 0 Å². The Labute approximate surface area is 140 Å². The van der Waals surface area contributed by atoms with E-state index in [2.05, 4.69) is 15.8 Å². The molecule has 4 nitrogen and oxygen atoms in total. The Bertz CT molecular complexity index is 686. The lowest BCUT2D eigenvalue weighted by Crippen LogP contribution is -2.24. The highest BCUT2D eigenvalue weighted by molar-refractivity contribution is 7.80. The number of anilines is 1. The summed E-state index contributed by atoms with van der Waals surface area (Å²) in [6, 6.07) is 14.9. The van der Waals surface area contributed by atoms with E-state index in [1.165, 1.54) is 0 Å². The Hall–Kier alpha value is -2.11. The van der Waals surface area contributed by atoms with Crippen molar-refractivity contribution in [1.29, 1.82) is 0 Å². The van der Waals surface area contributed by atoms with Crippen molar-refractivity contribution in [3.63, 3.8) is 0 Å². The molecule has 0 unspecified atom stereocenters. The van der Waals surface area contributed by atoms with Crippen LogP contribution in [-0.2, 0) is 0 Å². The van der Waals surface area contributed by atoms with Crippen LogP contribution in [0.1, 0.15) is 12.5 Å². The number of hydrazone groups is 1. The molecule has 2 rings (SSSR count). The molecule has 0 fully saturated rings. The first-order chi connectivity index (χ1) is 10.6. The third-order valence-electron chi connectivity index (χ3n) is 2.92. The maximum Gasteiger partial charge on any atom is 0.191 e. The van der Waals surface area contributed by atoms with Crippen LogP contribution in [0.5, 0.6) is 5.75 Å². The number of methoxy groups -OCH3 is 1. The molecule has 0 aliphatic carbocycles. The molecule has 0 saturated carbocycles. The van der Waals surface area contributed by atoms with Crippen molar-refractivity contribution in [3.8, 4) is 5.75 Å². The smallest absolute Gasteiger partial charge is 0.191 e. The molecule has 0 saturated heterocycles. The molecule has 0 amide bonds. The first kappa shape index (κ1) is 16.3. The molecule has 0 bridgehead atoms. The summed E-state index contributed by atoms with van der Waals surface area (Å²) in [5.41, 5.74) is 5.40. The number of ether oxygens (including phenoxy) is 1. The number of halogens is 1. The fraction of sp³-hybridized carbons (Fsp3) is 0.125. The van der Waals surface area contributed by atoms with Gasteiger partial charge in [-0.25, -0.2) is 0 Å². The number of hydrogen-bond donors (Lipinski definition) is 2. The van der Waals surface area contributed by atoms with Crippen molar-refractivity contribution in [2.45, 2.75) is 6.92 Å². The highest BCUT2D eigenvalue weighted by Crippen LogP contribution is 2.15.